The Balaban J connectivity index is 3.05. The Morgan fingerprint density at radius 3 is 2.44 bits per heavy atom. The third-order valence-corrected chi connectivity index (χ3v) is 4.18. The Hall–Kier alpha value is -2.04. The number of nitrogens with one attached hydrogen (secondary N) is 1. The molecule has 1 aromatic carbocycles. The molecule has 0 unspecified atom stereocenters. The van der Waals surface area contributed by atoms with Crippen molar-refractivity contribution in [2.45, 2.75) is 45.8 Å². The molecule has 1 aromatic rings. The van der Waals surface area contributed by atoms with Gasteiger partial charge in [-0.15, -0.1) is 0 Å². The summed E-state index contributed by atoms with van der Waals surface area (Å²) in [5, 5.41) is 2.45. The zero-order chi connectivity index (χ0) is 20.6. The molecule has 1 N–H and O–H groups in total. The van der Waals surface area contributed by atoms with Gasteiger partial charge in [-0.3, -0.25) is 4.79 Å². The van der Waals surface area contributed by atoms with Crippen molar-refractivity contribution in [3.05, 3.63) is 21.3 Å². The van der Waals surface area contributed by atoms with Gasteiger partial charge in [0.15, 0.2) is 11.5 Å². The van der Waals surface area contributed by atoms with Crippen LogP contribution in [-0.2, 0) is 25.5 Å². The van der Waals surface area contributed by atoms with Crippen molar-refractivity contribution < 1.29 is 33.3 Å². The SMILES string of the molecule is CCOC(=O)[C@H](Cc1cc(OC)c(OC(=O)OC(C)(C)C)cc1[123I])NC=O. The van der Waals surface area contributed by atoms with Crippen LogP contribution in [0, 0.1) is 3.57 Å². The molecule has 0 spiro atoms. The van der Waals surface area contributed by atoms with Crippen LogP contribution < -0.4 is 14.8 Å². The highest BCUT2D eigenvalue weighted by molar-refractivity contribution is 14.1. The third kappa shape index (κ3) is 7.61. The summed E-state index contributed by atoms with van der Waals surface area (Å²) in [4.78, 5) is 34.7. The Labute approximate surface area is 172 Å². The predicted molar refractivity (Wildman–Crippen MR) is 106 cm³/mol. The zero-order valence-electron chi connectivity index (χ0n) is 16.0. The average Bonchev–Trinajstić information content (AvgIpc) is 2.54. The van der Waals surface area contributed by atoms with Gasteiger partial charge in [0.05, 0.1) is 13.7 Å². The van der Waals surface area contributed by atoms with Crippen LogP contribution in [0.5, 0.6) is 11.5 Å². The molecule has 1 rings (SSSR count). The third-order valence-electron chi connectivity index (χ3n) is 3.18. The molecule has 0 saturated carbocycles. The van der Waals surface area contributed by atoms with Gasteiger partial charge >= 0.3 is 12.1 Å². The van der Waals surface area contributed by atoms with Gasteiger partial charge in [0, 0.05) is 9.99 Å². The van der Waals surface area contributed by atoms with E-state index in [0.29, 0.717) is 15.7 Å². The number of hydrogen-bond donors (Lipinski definition) is 1. The quantitative estimate of drug-likeness (QED) is 0.260. The predicted octanol–water partition coefficient (Wildman–Crippen LogP) is 2.83. The lowest BCUT2D eigenvalue weighted by Gasteiger charge is -2.20. The molecule has 1 amide bonds. The minimum atomic E-state index is -0.851. The number of carbonyl (C=O) groups excluding carboxylic acids is 3. The molecule has 0 fully saturated rings. The van der Waals surface area contributed by atoms with Crippen molar-refractivity contribution in [2.75, 3.05) is 13.7 Å². The second kappa shape index (κ2) is 10.3. The molecule has 0 radical (unpaired) electrons. The Morgan fingerprint density at radius 1 is 1.26 bits per heavy atom. The number of halogens is 1. The maximum Gasteiger partial charge on any atom is 0.514 e. The van der Waals surface area contributed by atoms with Crippen molar-refractivity contribution in [1.29, 1.82) is 0 Å². The van der Waals surface area contributed by atoms with Crippen molar-refractivity contribution in [1.82, 2.24) is 5.32 Å². The zero-order valence-corrected chi connectivity index (χ0v) is 18.1. The Kier molecular flexibility index (Phi) is 8.80. The summed E-state index contributed by atoms with van der Waals surface area (Å²) in [6, 6.07) is 2.40. The summed E-state index contributed by atoms with van der Waals surface area (Å²) in [6.45, 7) is 7.08. The summed E-state index contributed by atoms with van der Waals surface area (Å²) in [5.41, 5.74) is 0.0292. The summed E-state index contributed by atoms with van der Waals surface area (Å²) in [7, 11) is 1.43. The summed E-state index contributed by atoms with van der Waals surface area (Å²) in [6.07, 6.45) is -0.207. The highest BCUT2D eigenvalue weighted by Gasteiger charge is 2.24. The first-order valence-corrected chi connectivity index (χ1v) is 9.32. The van der Waals surface area contributed by atoms with Gasteiger partial charge in [0.25, 0.3) is 0 Å². The van der Waals surface area contributed by atoms with E-state index in [2.05, 4.69) is 5.32 Å². The van der Waals surface area contributed by atoms with E-state index in [1.165, 1.54) is 7.11 Å². The van der Waals surface area contributed by atoms with E-state index in [1.54, 1.807) is 39.8 Å². The first-order valence-electron chi connectivity index (χ1n) is 8.24. The van der Waals surface area contributed by atoms with Crippen molar-refractivity contribution in [3.8, 4) is 11.5 Å². The fourth-order valence-electron chi connectivity index (χ4n) is 2.09. The molecule has 0 bridgehead atoms. The summed E-state index contributed by atoms with van der Waals surface area (Å²) < 4.78 is 21.3. The van der Waals surface area contributed by atoms with Crippen LogP contribution in [0.1, 0.15) is 33.3 Å². The highest BCUT2D eigenvalue weighted by atomic mass is 123. The molecular weight excluding hydrogens is 465 g/mol. The van der Waals surface area contributed by atoms with Gasteiger partial charge in [-0.05, 0) is 68.0 Å². The number of carbonyl (C=O) groups is 3. The number of hydrogen-bond acceptors (Lipinski definition) is 7. The van der Waals surface area contributed by atoms with Gasteiger partial charge in [-0.25, -0.2) is 9.59 Å². The van der Waals surface area contributed by atoms with Gasteiger partial charge in [0.2, 0.25) is 6.41 Å². The molecule has 27 heavy (non-hydrogen) atoms. The minimum Gasteiger partial charge on any atom is -0.493 e. The van der Waals surface area contributed by atoms with Crippen LogP contribution >= 0.6 is 22.6 Å². The van der Waals surface area contributed by atoms with Gasteiger partial charge in [-0.2, -0.15) is 0 Å². The molecule has 1 atom stereocenters. The van der Waals surface area contributed by atoms with Crippen LogP contribution in [0.15, 0.2) is 12.1 Å². The maximum atomic E-state index is 12.0. The lowest BCUT2D eigenvalue weighted by Crippen LogP contribution is -2.39. The van der Waals surface area contributed by atoms with Gasteiger partial charge < -0.3 is 24.3 Å². The largest absolute Gasteiger partial charge is 0.514 e. The van der Waals surface area contributed by atoms with Crippen LogP contribution in [0.4, 0.5) is 4.79 Å². The minimum absolute atomic E-state index is 0.191. The molecule has 0 aliphatic carbocycles. The number of benzene rings is 1. The van der Waals surface area contributed by atoms with E-state index in [1.807, 2.05) is 22.6 Å². The number of esters is 1. The molecule has 0 aromatic heterocycles. The monoisotopic (exact) mass is 489 g/mol. The molecule has 9 heteroatoms. The Bertz CT molecular complexity index is 685. The smallest absolute Gasteiger partial charge is 0.493 e. The van der Waals surface area contributed by atoms with Crippen LogP contribution in [0.25, 0.3) is 0 Å². The van der Waals surface area contributed by atoms with Crippen LogP contribution in [0.2, 0.25) is 0 Å². The lowest BCUT2D eigenvalue weighted by molar-refractivity contribution is -0.146. The standard InChI is InChI=1S/C18H24INO7/c1-6-25-16(22)13(20-10-21)7-11-8-14(24-5)15(9-12(11)19)26-17(23)27-18(2,3)4/h8-10,13H,6-7H2,1-5H3,(H,20,21)/t13-/m0/s1/i19-4. The highest BCUT2D eigenvalue weighted by Crippen LogP contribution is 2.33. The fraction of sp³-hybridized carbons (Fsp3) is 0.500. The lowest BCUT2D eigenvalue weighted by atomic mass is 10.1. The van der Waals surface area contributed by atoms with E-state index in [9.17, 15) is 14.4 Å². The molecule has 0 aliphatic heterocycles. The molecule has 150 valence electrons. The first-order chi connectivity index (χ1) is 12.6. The molecule has 0 aliphatic rings. The van der Waals surface area contributed by atoms with Crippen LogP contribution in [0.3, 0.4) is 0 Å². The van der Waals surface area contributed by atoms with Crippen molar-refractivity contribution >= 4 is 41.1 Å². The number of amides is 1. The summed E-state index contributed by atoms with van der Waals surface area (Å²) >= 11 is 2.04. The van der Waals surface area contributed by atoms with E-state index < -0.39 is 23.8 Å². The molecular formula is C18H24INO7. The molecule has 0 heterocycles. The first kappa shape index (κ1) is 23.0. The van der Waals surface area contributed by atoms with E-state index in [4.69, 9.17) is 18.9 Å². The summed E-state index contributed by atoms with van der Waals surface area (Å²) in [5.74, 6) is -0.0469. The van der Waals surface area contributed by atoms with E-state index in [-0.39, 0.29) is 18.8 Å². The van der Waals surface area contributed by atoms with E-state index >= 15 is 0 Å². The fourth-order valence-corrected chi connectivity index (χ4v) is 2.75. The second-order valence-corrected chi connectivity index (χ2v) is 7.62. The molecule has 0 saturated heterocycles. The van der Waals surface area contributed by atoms with Crippen LogP contribution in [-0.4, -0.2) is 43.9 Å². The van der Waals surface area contributed by atoms with E-state index in [0.717, 1.165) is 5.56 Å². The van der Waals surface area contributed by atoms with Gasteiger partial charge in [0.1, 0.15) is 11.6 Å². The Morgan fingerprint density at radius 2 is 1.93 bits per heavy atom. The number of rotatable bonds is 8. The van der Waals surface area contributed by atoms with Gasteiger partial charge in [-0.1, -0.05) is 0 Å². The topological polar surface area (TPSA) is 100 Å². The maximum absolute atomic E-state index is 12.0. The number of ether oxygens (including phenoxy) is 4. The van der Waals surface area contributed by atoms with Crippen molar-refractivity contribution in [2.24, 2.45) is 0 Å². The number of methoxy groups -OCH3 is 1. The average molecular weight is 489 g/mol. The second-order valence-electron chi connectivity index (χ2n) is 6.45. The van der Waals surface area contributed by atoms with Crippen molar-refractivity contribution in [3.63, 3.8) is 0 Å². The molecule has 8 nitrogen and oxygen atoms in total. The normalized spacial score (nSPS) is 11.9.